The van der Waals surface area contributed by atoms with Crippen LogP contribution in [0.25, 0.3) is 0 Å². The molecule has 0 unspecified atom stereocenters. The van der Waals surface area contributed by atoms with Crippen LogP contribution in [0.1, 0.15) is 30.9 Å². The maximum absolute atomic E-state index is 14.0. The molecular weight excluding hydrogens is 602 g/mol. The molecule has 0 saturated carbocycles. The van der Waals surface area contributed by atoms with Crippen LogP contribution >= 0.6 is 27.5 Å². The van der Waals surface area contributed by atoms with E-state index in [9.17, 15) is 18.0 Å². The number of anilines is 1. The molecule has 0 aliphatic heterocycles. The molecular formula is C29H33BrClN3O4S. The lowest BCUT2D eigenvalue weighted by Gasteiger charge is -2.33. The molecule has 0 saturated heterocycles. The van der Waals surface area contributed by atoms with Crippen LogP contribution in [0.3, 0.4) is 0 Å². The van der Waals surface area contributed by atoms with Crippen LogP contribution in [0, 0.1) is 0 Å². The topological polar surface area (TPSA) is 86.8 Å². The van der Waals surface area contributed by atoms with E-state index in [0.29, 0.717) is 17.3 Å². The molecule has 2 amide bonds. The maximum atomic E-state index is 14.0. The quantitative estimate of drug-likeness (QED) is 0.254. The Morgan fingerprint density at radius 2 is 1.64 bits per heavy atom. The fraction of sp³-hybridized carbons (Fsp3) is 0.310. The molecule has 0 fully saturated rings. The van der Waals surface area contributed by atoms with E-state index >= 15 is 0 Å². The molecule has 1 N–H and O–H groups in total. The molecule has 7 nitrogen and oxygen atoms in total. The number of rotatable bonds is 13. The number of sulfonamides is 1. The number of hydrogen-bond donors (Lipinski definition) is 1. The van der Waals surface area contributed by atoms with Crippen LogP contribution in [-0.4, -0.2) is 50.5 Å². The molecule has 0 aromatic heterocycles. The molecule has 3 aromatic carbocycles. The Kier molecular flexibility index (Phi) is 11.4. The highest BCUT2D eigenvalue weighted by molar-refractivity contribution is 9.10. The lowest BCUT2D eigenvalue weighted by Crippen LogP contribution is -2.53. The monoisotopic (exact) mass is 633 g/mol. The van der Waals surface area contributed by atoms with E-state index in [4.69, 9.17) is 11.6 Å². The van der Waals surface area contributed by atoms with Crippen molar-refractivity contribution in [3.8, 4) is 0 Å². The van der Waals surface area contributed by atoms with Gasteiger partial charge in [-0.2, -0.15) is 0 Å². The predicted octanol–water partition coefficient (Wildman–Crippen LogP) is 5.42. The first-order valence-electron chi connectivity index (χ1n) is 12.7. The highest BCUT2D eigenvalue weighted by atomic mass is 79.9. The Morgan fingerprint density at radius 3 is 2.26 bits per heavy atom. The molecule has 3 aromatic rings. The predicted molar refractivity (Wildman–Crippen MR) is 160 cm³/mol. The fourth-order valence-corrected chi connectivity index (χ4v) is 5.44. The number of nitrogens with one attached hydrogen (secondary N) is 1. The first-order valence-corrected chi connectivity index (χ1v) is 15.7. The van der Waals surface area contributed by atoms with Gasteiger partial charge in [-0.05, 0) is 53.9 Å². The molecule has 0 radical (unpaired) electrons. The van der Waals surface area contributed by atoms with Gasteiger partial charge in [0.15, 0.2) is 0 Å². The lowest BCUT2D eigenvalue weighted by molar-refractivity contribution is -0.140. The molecule has 0 aliphatic carbocycles. The van der Waals surface area contributed by atoms with E-state index < -0.39 is 28.5 Å². The van der Waals surface area contributed by atoms with Gasteiger partial charge in [-0.1, -0.05) is 83.3 Å². The van der Waals surface area contributed by atoms with Crippen molar-refractivity contribution in [2.45, 2.75) is 38.8 Å². The Labute approximate surface area is 244 Å². The second kappa shape index (κ2) is 14.5. The summed E-state index contributed by atoms with van der Waals surface area (Å²) in [6, 6.07) is 22.3. The Morgan fingerprint density at radius 1 is 0.974 bits per heavy atom. The van der Waals surface area contributed by atoms with Crippen LogP contribution in [0.4, 0.5) is 5.69 Å². The molecule has 0 aliphatic rings. The van der Waals surface area contributed by atoms with Gasteiger partial charge in [-0.3, -0.25) is 13.9 Å². The number of carbonyl (C=O) groups excluding carboxylic acids is 2. The van der Waals surface area contributed by atoms with Crippen LogP contribution in [0.5, 0.6) is 0 Å². The van der Waals surface area contributed by atoms with Crippen LogP contribution in [0.2, 0.25) is 5.02 Å². The highest BCUT2D eigenvalue weighted by Crippen LogP contribution is 2.23. The number of amides is 2. The van der Waals surface area contributed by atoms with Crippen LogP contribution in [0.15, 0.2) is 83.3 Å². The minimum Gasteiger partial charge on any atom is -0.354 e. The van der Waals surface area contributed by atoms with Gasteiger partial charge in [0.1, 0.15) is 12.6 Å². The van der Waals surface area contributed by atoms with Crippen molar-refractivity contribution < 1.29 is 18.0 Å². The second-order valence-corrected chi connectivity index (χ2v) is 12.5. The molecule has 3 rings (SSSR count). The van der Waals surface area contributed by atoms with E-state index in [2.05, 4.69) is 21.2 Å². The largest absolute Gasteiger partial charge is 0.354 e. The maximum Gasteiger partial charge on any atom is 0.244 e. The van der Waals surface area contributed by atoms with E-state index in [1.165, 1.54) is 4.90 Å². The van der Waals surface area contributed by atoms with Crippen molar-refractivity contribution in [2.24, 2.45) is 0 Å². The summed E-state index contributed by atoms with van der Waals surface area (Å²) < 4.78 is 27.4. The van der Waals surface area contributed by atoms with E-state index in [0.717, 1.165) is 39.0 Å². The van der Waals surface area contributed by atoms with Gasteiger partial charge < -0.3 is 10.2 Å². The summed E-state index contributed by atoms with van der Waals surface area (Å²) in [6.07, 6.45) is 3.04. The number of halogens is 2. The minimum atomic E-state index is -3.81. The van der Waals surface area contributed by atoms with Gasteiger partial charge in [0.05, 0.1) is 11.9 Å². The number of benzene rings is 3. The van der Waals surface area contributed by atoms with Gasteiger partial charge in [0.2, 0.25) is 21.8 Å². The average Bonchev–Trinajstić information content (AvgIpc) is 2.90. The van der Waals surface area contributed by atoms with Crippen molar-refractivity contribution in [1.29, 1.82) is 0 Å². The first-order chi connectivity index (χ1) is 18.6. The molecule has 1 atom stereocenters. The normalized spacial score (nSPS) is 12.0. The molecule has 0 bridgehead atoms. The van der Waals surface area contributed by atoms with Crippen molar-refractivity contribution >= 4 is 55.1 Å². The first kappa shape index (κ1) is 30.7. The zero-order valence-electron chi connectivity index (χ0n) is 22.0. The van der Waals surface area contributed by atoms with E-state index in [1.807, 2.05) is 43.3 Å². The summed E-state index contributed by atoms with van der Waals surface area (Å²) in [6.45, 7) is 2.13. The highest BCUT2D eigenvalue weighted by Gasteiger charge is 2.33. The zero-order valence-corrected chi connectivity index (χ0v) is 25.2. The lowest BCUT2D eigenvalue weighted by atomic mass is 10.0. The third kappa shape index (κ3) is 9.37. The molecule has 10 heteroatoms. The summed E-state index contributed by atoms with van der Waals surface area (Å²) in [5.41, 5.74) is 1.96. The Hall–Kier alpha value is -2.88. The second-order valence-electron chi connectivity index (χ2n) is 9.25. The molecule has 0 spiro atoms. The van der Waals surface area contributed by atoms with E-state index in [-0.39, 0.29) is 18.9 Å². The van der Waals surface area contributed by atoms with Gasteiger partial charge >= 0.3 is 0 Å². The number of hydrogen-bond acceptors (Lipinski definition) is 4. The summed E-state index contributed by atoms with van der Waals surface area (Å²) in [5, 5.41) is 3.46. The summed E-state index contributed by atoms with van der Waals surface area (Å²) >= 11 is 9.58. The SMILES string of the molecule is CCCCNC(=O)[C@@H](Cc1ccccc1)N(Cc1cccc(Cl)c1)C(=O)CN(c1ccc(Br)cc1)S(C)(=O)=O. The number of nitrogens with zero attached hydrogens (tertiary/aromatic N) is 2. The van der Waals surface area contributed by atoms with Crippen molar-refractivity contribution in [3.63, 3.8) is 0 Å². The Bertz CT molecular complexity index is 1350. The molecule has 0 heterocycles. The molecule has 208 valence electrons. The van der Waals surface area contributed by atoms with Crippen molar-refractivity contribution in [3.05, 3.63) is 99.5 Å². The number of carbonyl (C=O) groups is 2. The smallest absolute Gasteiger partial charge is 0.244 e. The summed E-state index contributed by atoms with van der Waals surface area (Å²) in [5.74, 6) is -0.799. The number of unbranched alkanes of at least 4 members (excludes halogenated alkanes) is 1. The van der Waals surface area contributed by atoms with Gasteiger partial charge in [-0.25, -0.2) is 8.42 Å². The van der Waals surface area contributed by atoms with E-state index in [1.54, 1.807) is 42.5 Å². The van der Waals surface area contributed by atoms with Crippen LogP contribution < -0.4 is 9.62 Å². The van der Waals surface area contributed by atoms with Gasteiger partial charge in [0.25, 0.3) is 0 Å². The minimum absolute atomic E-state index is 0.0794. The van der Waals surface area contributed by atoms with Gasteiger partial charge in [-0.15, -0.1) is 0 Å². The van der Waals surface area contributed by atoms with Crippen molar-refractivity contribution in [2.75, 3.05) is 23.7 Å². The Balaban J connectivity index is 2.02. The average molecular weight is 635 g/mol. The fourth-order valence-electron chi connectivity index (χ4n) is 4.11. The zero-order chi connectivity index (χ0) is 28.4. The third-order valence-electron chi connectivity index (χ3n) is 6.14. The van der Waals surface area contributed by atoms with Gasteiger partial charge in [0, 0.05) is 29.0 Å². The van der Waals surface area contributed by atoms with Crippen LogP contribution in [-0.2, 0) is 32.6 Å². The third-order valence-corrected chi connectivity index (χ3v) is 8.04. The standard InChI is InChI=1S/C29H33BrClN3O4S/c1-3-4-17-32-29(36)27(19-22-9-6-5-7-10-22)33(20-23-11-8-12-25(31)18-23)28(35)21-34(39(2,37)38)26-15-13-24(30)14-16-26/h5-16,18,27H,3-4,17,19-21H2,1-2H3,(H,32,36)/t27-/m1/s1. The summed E-state index contributed by atoms with van der Waals surface area (Å²) in [7, 11) is -3.81. The summed E-state index contributed by atoms with van der Waals surface area (Å²) in [4.78, 5) is 29.0. The molecule has 39 heavy (non-hydrogen) atoms. The van der Waals surface area contributed by atoms with Crippen molar-refractivity contribution in [1.82, 2.24) is 10.2 Å².